The predicted octanol–water partition coefficient (Wildman–Crippen LogP) is 5.23. The van der Waals surface area contributed by atoms with E-state index in [-0.39, 0.29) is 0 Å². The Hall–Kier alpha value is -2.04. The van der Waals surface area contributed by atoms with E-state index in [9.17, 15) is 0 Å². The van der Waals surface area contributed by atoms with Gasteiger partial charge in [0.15, 0.2) is 0 Å². The normalized spacial score (nSPS) is 15.4. The zero-order chi connectivity index (χ0) is 17.1. The zero-order valence-electron chi connectivity index (χ0n) is 14.4. The Labute approximate surface area is 153 Å². The van der Waals surface area contributed by atoms with Crippen LogP contribution >= 0.6 is 11.8 Å². The van der Waals surface area contributed by atoms with E-state index in [0.29, 0.717) is 5.92 Å². The first-order valence-corrected chi connectivity index (χ1v) is 9.57. The average molecular weight is 350 g/mol. The van der Waals surface area contributed by atoms with Gasteiger partial charge in [-0.25, -0.2) is 4.98 Å². The van der Waals surface area contributed by atoms with Gasteiger partial charge >= 0.3 is 0 Å². The molecule has 0 atom stereocenters. The molecule has 1 saturated heterocycles. The molecule has 0 N–H and O–H groups in total. The first-order chi connectivity index (χ1) is 12.3. The van der Waals surface area contributed by atoms with Crippen LogP contribution in [-0.4, -0.2) is 22.8 Å². The number of hydrogen-bond acceptors (Lipinski definition) is 3. The van der Waals surface area contributed by atoms with Crippen molar-refractivity contribution in [3.8, 4) is 5.69 Å². The summed E-state index contributed by atoms with van der Waals surface area (Å²) in [6.45, 7) is 3.79. The Kier molecular flexibility index (Phi) is 4.90. The molecular formula is C21H22N2OS. The smallest absolute Gasteiger partial charge is 0.110 e. The van der Waals surface area contributed by atoms with E-state index < -0.39 is 0 Å². The molecule has 4 heteroatoms. The van der Waals surface area contributed by atoms with E-state index in [2.05, 4.69) is 58.1 Å². The van der Waals surface area contributed by atoms with Crippen LogP contribution in [0.2, 0.25) is 0 Å². The van der Waals surface area contributed by atoms with Gasteiger partial charge in [0.05, 0.1) is 0 Å². The molecule has 1 aliphatic heterocycles. The second-order valence-corrected chi connectivity index (χ2v) is 7.55. The van der Waals surface area contributed by atoms with Crippen LogP contribution in [0, 0.1) is 6.92 Å². The lowest BCUT2D eigenvalue weighted by Gasteiger charge is -2.22. The van der Waals surface area contributed by atoms with Crippen LogP contribution < -0.4 is 0 Å². The largest absolute Gasteiger partial charge is 0.381 e. The average Bonchev–Trinajstić information content (AvgIpc) is 3.09. The molecule has 128 valence electrons. The number of ether oxygens (including phenoxy) is 1. The van der Waals surface area contributed by atoms with E-state index in [4.69, 9.17) is 4.74 Å². The SMILES string of the molecule is Cc1nccn1-c1ccc(Sc2cccc(C3CCOCC3)c2)cc1. The molecule has 2 heterocycles. The molecule has 3 aromatic rings. The van der Waals surface area contributed by atoms with Gasteiger partial charge in [0.1, 0.15) is 5.82 Å². The maximum absolute atomic E-state index is 5.49. The summed E-state index contributed by atoms with van der Waals surface area (Å²) in [6.07, 6.45) is 6.09. The summed E-state index contributed by atoms with van der Waals surface area (Å²) in [4.78, 5) is 6.84. The molecule has 3 nitrogen and oxygen atoms in total. The van der Waals surface area contributed by atoms with Crippen LogP contribution in [0.1, 0.15) is 30.1 Å². The molecule has 1 aromatic heterocycles. The number of nitrogens with zero attached hydrogens (tertiary/aromatic N) is 2. The maximum Gasteiger partial charge on any atom is 0.110 e. The van der Waals surface area contributed by atoms with Crippen molar-refractivity contribution in [1.82, 2.24) is 9.55 Å². The molecule has 0 saturated carbocycles. The lowest BCUT2D eigenvalue weighted by atomic mass is 9.92. The maximum atomic E-state index is 5.49. The highest BCUT2D eigenvalue weighted by Crippen LogP contribution is 2.33. The van der Waals surface area contributed by atoms with E-state index >= 15 is 0 Å². The van der Waals surface area contributed by atoms with Crippen LogP contribution in [0.3, 0.4) is 0 Å². The Morgan fingerprint density at radius 1 is 1.04 bits per heavy atom. The van der Waals surface area contributed by atoms with Crippen molar-refractivity contribution in [1.29, 1.82) is 0 Å². The third-order valence-corrected chi connectivity index (χ3v) is 5.72. The third kappa shape index (κ3) is 3.80. The monoisotopic (exact) mass is 350 g/mol. The second kappa shape index (κ2) is 7.46. The van der Waals surface area contributed by atoms with Crippen LogP contribution in [0.5, 0.6) is 0 Å². The minimum atomic E-state index is 0.640. The first-order valence-electron chi connectivity index (χ1n) is 8.75. The number of aromatic nitrogens is 2. The summed E-state index contributed by atoms with van der Waals surface area (Å²) in [5.74, 6) is 1.64. The van der Waals surface area contributed by atoms with Crippen LogP contribution in [-0.2, 0) is 4.74 Å². The topological polar surface area (TPSA) is 27.1 Å². The fraction of sp³-hybridized carbons (Fsp3) is 0.286. The van der Waals surface area contributed by atoms with Gasteiger partial charge in [-0.15, -0.1) is 0 Å². The quantitative estimate of drug-likeness (QED) is 0.645. The highest BCUT2D eigenvalue weighted by Gasteiger charge is 2.16. The Balaban J connectivity index is 1.49. The molecule has 2 aromatic carbocycles. The molecule has 0 bridgehead atoms. The molecule has 4 rings (SSSR count). The van der Waals surface area contributed by atoms with E-state index in [1.54, 1.807) is 0 Å². The highest BCUT2D eigenvalue weighted by molar-refractivity contribution is 7.99. The molecule has 0 aliphatic carbocycles. The molecule has 0 amide bonds. The lowest BCUT2D eigenvalue weighted by Crippen LogP contribution is -2.13. The molecule has 0 spiro atoms. The van der Waals surface area contributed by atoms with Crippen molar-refractivity contribution in [2.24, 2.45) is 0 Å². The summed E-state index contributed by atoms with van der Waals surface area (Å²) in [7, 11) is 0. The molecular weight excluding hydrogens is 328 g/mol. The Morgan fingerprint density at radius 2 is 1.84 bits per heavy atom. The first kappa shape index (κ1) is 16.4. The van der Waals surface area contributed by atoms with Gasteiger partial charge in [-0.05, 0) is 67.6 Å². The van der Waals surface area contributed by atoms with Gasteiger partial charge < -0.3 is 9.30 Å². The molecule has 0 unspecified atom stereocenters. The number of aryl methyl sites for hydroxylation is 1. The highest BCUT2D eigenvalue weighted by atomic mass is 32.2. The molecule has 0 radical (unpaired) electrons. The molecule has 25 heavy (non-hydrogen) atoms. The van der Waals surface area contributed by atoms with Crippen LogP contribution in [0.15, 0.2) is 70.7 Å². The molecule has 1 aliphatic rings. The van der Waals surface area contributed by atoms with Gasteiger partial charge in [0, 0.05) is 41.1 Å². The van der Waals surface area contributed by atoms with Crippen molar-refractivity contribution < 1.29 is 4.74 Å². The molecule has 1 fully saturated rings. The van der Waals surface area contributed by atoms with E-state index in [1.165, 1.54) is 15.4 Å². The zero-order valence-corrected chi connectivity index (χ0v) is 15.2. The van der Waals surface area contributed by atoms with E-state index in [0.717, 1.165) is 37.6 Å². The summed E-state index contributed by atoms with van der Waals surface area (Å²) in [6, 6.07) is 17.6. The number of rotatable bonds is 4. The summed E-state index contributed by atoms with van der Waals surface area (Å²) < 4.78 is 7.58. The minimum Gasteiger partial charge on any atom is -0.381 e. The minimum absolute atomic E-state index is 0.640. The van der Waals surface area contributed by atoms with E-state index in [1.807, 2.05) is 31.1 Å². The van der Waals surface area contributed by atoms with Crippen molar-refractivity contribution in [2.75, 3.05) is 13.2 Å². The van der Waals surface area contributed by atoms with Crippen molar-refractivity contribution in [3.05, 3.63) is 72.3 Å². The third-order valence-electron chi connectivity index (χ3n) is 4.73. The van der Waals surface area contributed by atoms with Crippen LogP contribution in [0.25, 0.3) is 5.69 Å². The number of imidazole rings is 1. The lowest BCUT2D eigenvalue weighted by molar-refractivity contribution is 0.0853. The van der Waals surface area contributed by atoms with Gasteiger partial charge in [-0.2, -0.15) is 0 Å². The van der Waals surface area contributed by atoms with Crippen LogP contribution in [0.4, 0.5) is 0 Å². The number of benzene rings is 2. The summed E-state index contributed by atoms with van der Waals surface area (Å²) in [5, 5.41) is 0. The van der Waals surface area contributed by atoms with Crippen molar-refractivity contribution in [3.63, 3.8) is 0 Å². The van der Waals surface area contributed by atoms with Gasteiger partial charge in [0.2, 0.25) is 0 Å². The van der Waals surface area contributed by atoms with Gasteiger partial charge in [-0.1, -0.05) is 23.9 Å². The standard InChI is InChI=1S/C21H22N2OS/c1-16-22-11-12-23(16)19-5-7-20(8-6-19)25-21-4-2-3-18(15-21)17-9-13-24-14-10-17/h2-8,11-12,15,17H,9-10,13-14H2,1H3. The Morgan fingerprint density at radius 3 is 2.56 bits per heavy atom. The fourth-order valence-corrected chi connectivity index (χ4v) is 4.21. The second-order valence-electron chi connectivity index (χ2n) is 6.40. The fourth-order valence-electron chi connectivity index (χ4n) is 3.32. The van der Waals surface area contributed by atoms with Gasteiger partial charge in [0.25, 0.3) is 0 Å². The van der Waals surface area contributed by atoms with Crippen molar-refractivity contribution >= 4 is 11.8 Å². The van der Waals surface area contributed by atoms with Gasteiger partial charge in [-0.3, -0.25) is 0 Å². The summed E-state index contributed by atoms with van der Waals surface area (Å²) in [5.41, 5.74) is 2.59. The number of hydrogen-bond donors (Lipinski definition) is 0. The van der Waals surface area contributed by atoms with Crippen molar-refractivity contribution in [2.45, 2.75) is 35.5 Å². The summed E-state index contributed by atoms with van der Waals surface area (Å²) >= 11 is 1.82. The predicted molar refractivity (Wildman–Crippen MR) is 102 cm³/mol. The Bertz CT molecular complexity index is 835.